The van der Waals surface area contributed by atoms with E-state index in [1.54, 1.807) is 0 Å². The van der Waals surface area contributed by atoms with Crippen molar-refractivity contribution in [3.05, 3.63) is 35.9 Å². The second-order valence-corrected chi connectivity index (χ2v) is 6.04. The van der Waals surface area contributed by atoms with Crippen molar-refractivity contribution in [3.8, 4) is 0 Å². The molecule has 1 aromatic rings. The number of piperidine rings is 1. The molecule has 0 bridgehead atoms. The number of benzene rings is 1. The first-order valence-corrected chi connectivity index (χ1v) is 7.31. The van der Waals surface area contributed by atoms with Crippen LogP contribution < -0.4 is 5.32 Å². The predicted octanol–water partition coefficient (Wildman–Crippen LogP) is 2.33. The molecule has 0 radical (unpaired) electrons. The van der Waals surface area contributed by atoms with E-state index >= 15 is 0 Å². The monoisotopic (exact) mass is 244 g/mol. The van der Waals surface area contributed by atoms with Crippen molar-refractivity contribution in [1.82, 2.24) is 10.2 Å². The Balaban J connectivity index is 1.57. The first kappa shape index (κ1) is 12.2. The zero-order chi connectivity index (χ0) is 12.4. The van der Waals surface area contributed by atoms with E-state index in [1.165, 1.54) is 44.7 Å². The van der Waals surface area contributed by atoms with Gasteiger partial charge in [0.1, 0.15) is 0 Å². The molecule has 0 aliphatic carbocycles. The summed E-state index contributed by atoms with van der Waals surface area (Å²) < 4.78 is 0. The molecule has 2 nitrogen and oxygen atoms in total. The fourth-order valence-corrected chi connectivity index (χ4v) is 3.55. The van der Waals surface area contributed by atoms with Crippen LogP contribution in [0.5, 0.6) is 0 Å². The Labute approximate surface area is 110 Å². The van der Waals surface area contributed by atoms with Gasteiger partial charge < -0.3 is 10.2 Å². The van der Waals surface area contributed by atoms with Gasteiger partial charge in [-0.15, -0.1) is 0 Å². The molecular weight excluding hydrogens is 220 g/mol. The summed E-state index contributed by atoms with van der Waals surface area (Å²) >= 11 is 0. The maximum atomic E-state index is 3.54. The van der Waals surface area contributed by atoms with E-state index in [1.807, 2.05) is 0 Å². The lowest BCUT2D eigenvalue weighted by atomic mass is 9.88. The highest BCUT2D eigenvalue weighted by molar-refractivity contribution is 5.19. The van der Waals surface area contributed by atoms with Crippen molar-refractivity contribution < 1.29 is 0 Å². The molecule has 3 atom stereocenters. The van der Waals surface area contributed by atoms with Crippen molar-refractivity contribution in [2.75, 3.05) is 32.7 Å². The van der Waals surface area contributed by atoms with Gasteiger partial charge >= 0.3 is 0 Å². The van der Waals surface area contributed by atoms with Crippen molar-refractivity contribution in [3.63, 3.8) is 0 Å². The van der Waals surface area contributed by atoms with Crippen LogP contribution in [0.15, 0.2) is 30.3 Å². The van der Waals surface area contributed by atoms with Gasteiger partial charge in [0.2, 0.25) is 0 Å². The standard InChI is InChI=1S/C16H24N2/c1-13(14-5-3-2-4-6-14)11-18-8-7-15-9-17-10-16(15)12-18/h2-6,13,15-17H,7-12H2,1H3. The van der Waals surface area contributed by atoms with Crippen LogP contribution in [0.4, 0.5) is 0 Å². The maximum absolute atomic E-state index is 3.54. The van der Waals surface area contributed by atoms with Crippen LogP contribution in [-0.4, -0.2) is 37.6 Å². The van der Waals surface area contributed by atoms with Crippen LogP contribution >= 0.6 is 0 Å². The predicted molar refractivity (Wildman–Crippen MR) is 75.8 cm³/mol. The third kappa shape index (κ3) is 2.60. The molecule has 1 aromatic carbocycles. The van der Waals surface area contributed by atoms with E-state index in [0.29, 0.717) is 5.92 Å². The molecule has 2 fully saturated rings. The molecule has 0 amide bonds. The van der Waals surface area contributed by atoms with Crippen LogP contribution in [0.3, 0.4) is 0 Å². The fraction of sp³-hybridized carbons (Fsp3) is 0.625. The summed E-state index contributed by atoms with van der Waals surface area (Å²) in [7, 11) is 0. The first-order chi connectivity index (χ1) is 8.83. The number of hydrogen-bond acceptors (Lipinski definition) is 2. The molecule has 0 saturated carbocycles. The molecule has 3 rings (SSSR count). The largest absolute Gasteiger partial charge is 0.316 e. The summed E-state index contributed by atoms with van der Waals surface area (Å²) in [6.45, 7) is 8.66. The third-order valence-corrected chi connectivity index (χ3v) is 4.69. The highest BCUT2D eigenvalue weighted by Gasteiger charge is 2.32. The van der Waals surface area contributed by atoms with Gasteiger partial charge in [-0.05, 0) is 49.4 Å². The minimum atomic E-state index is 0.650. The minimum absolute atomic E-state index is 0.650. The lowest BCUT2D eigenvalue weighted by molar-refractivity contribution is 0.143. The number of rotatable bonds is 3. The normalized spacial score (nSPS) is 30.1. The SMILES string of the molecule is CC(CN1CCC2CNCC2C1)c1ccccc1. The molecule has 2 heteroatoms. The zero-order valence-corrected chi connectivity index (χ0v) is 11.3. The van der Waals surface area contributed by atoms with Gasteiger partial charge in [0, 0.05) is 13.1 Å². The highest BCUT2D eigenvalue weighted by Crippen LogP contribution is 2.28. The molecular formula is C16H24N2. The Hall–Kier alpha value is -0.860. The van der Waals surface area contributed by atoms with Gasteiger partial charge in [-0.25, -0.2) is 0 Å². The van der Waals surface area contributed by atoms with E-state index in [9.17, 15) is 0 Å². The summed E-state index contributed by atoms with van der Waals surface area (Å²) in [6, 6.07) is 10.9. The van der Waals surface area contributed by atoms with Crippen molar-refractivity contribution in [2.45, 2.75) is 19.3 Å². The Morgan fingerprint density at radius 3 is 2.83 bits per heavy atom. The number of nitrogens with zero attached hydrogens (tertiary/aromatic N) is 1. The van der Waals surface area contributed by atoms with Gasteiger partial charge in [-0.1, -0.05) is 37.3 Å². The smallest absolute Gasteiger partial charge is 0.00477 e. The number of likely N-dealkylation sites (tertiary alicyclic amines) is 1. The van der Waals surface area contributed by atoms with Gasteiger partial charge in [0.05, 0.1) is 0 Å². The lowest BCUT2D eigenvalue weighted by Crippen LogP contribution is -2.41. The molecule has 2 saturated heterocycles. The Kier molecular flexibility index (Phi) is 3.67. The Bertz CT molecular complexity index is 376. The topological polar surface area (TPSA) is 15.3 Å². The van der Waals surface area contributed by atoms with E-state index < -0.39 is 0 Å². The first-order valence-electron chi connectivity index (χ1n) is 7.31. The molecule has 2 aliphatic heterocycles. The molecule has 3 unspecified atom stereocenters. The summed E-state index contributed by atoms with van der Waals surface area (Å²) in [4.78, 5) is 2.67. The van der Waals surface area contributed by atoms with E-state index in [0.717, 1.165) is 11.8 Å². The quantitative estimate of drug-likeness (QED) is 0.878. The van der Waals surface area contributed by atoms with Gasteiger partial charge in [0.25, 0.3) is 0 Å². The number of nitrogens with one attached hydrogen (secondary N) is 1. The van der Waals surface area contributed by atoms with Crippen LogP contribution in [-0.2, 0) is 0 Å². The summed E-state index contributed by atoms with van der Waals surface area (Å²) in [5.41, 5.74) is 1.48. The average Bonchev–Trinajstić information content (AvgIpc) is 2.87. The van der Waals surface area contributed by atoms with Crippen molar-refractivity contribution in [1.29, 1.82) is 0 Å². The molecule has 98 valence electrons. The average molecular weight is 244 g/mol. The fourth-order valence-electron chi connectivity index (χ4n) is 3.55. The second-order valence-electron chi connectivity index (χ2n) is 6.04. The molecule has 2 heterocycles. The van der Waals surface area contributed by atoms with Gasteiger partial charge in [-0.2, -0.15) is 0 Å². The highest BCUT2D eigenvalue weighted by atomic mass is 15.1. The molecule has 0 aromatic heterocycles. The molecule has 18 heavy (non-hydrogen) atoms. The number of hydrogen-bond donors (Lipinski definition) is 1. The molecule has 1 N–H and O–H groups in total. The van der Waals surface area contributed by atoms with E-state index in [2.05, 4.69) is 47.5 Å². The van der Waals surface area contributed by atoms with Gasteiger partial charge in [0.15, 0.2) is 0 Å². The van der Waals surface area contributed by atoms with Crippen molar-refractivity contribution >= 4 is 0 Å². The van der Waals surface area contributed by atoms with Crippen LogP contribution in [0, 0.1) is 11.8 Å². The lowest BCUT2D eigenvalue weighted by Gasteiger charge is -2.36. The van der Waals surface area contributed by atoms with Crippen molar-refractivity contribution in [2.24, 2.45) is 11.8 Å². The zero-order valence-electron chi connectivity index (χ0n) is 11.3. The Morgan fingerprint density at radius 2 is 2.00 bits per heavy atom. The Morgan fingerprint density at radius 1 is 1.22 bits per heavy atom. The van der Waals surface area contributed by atoms with Gasteiger partial charge in [-0.3, -0.25) is 0 Å². The second kappa shape index (κ2) is 5.41. The van der Waals surface area contributed by atoms with E-state index in [-0.39, 0.29) is 0 Å². The van der Waals surface area contributed by atoms with Crippen LogP contribution in [0.25, 0.3) is 0 Å². The molecule has 0 spiro atoms. The minimum Gasteiger partial charge on any atom is -0.316 e. The maximum Gasteiger partial charge on any atom is 0.00477 e. The molecule has 2 aliphatic rings. The van der Waals surface area contributed by atoms with E-state index in [4.69, 9.17) is 0 Å². The number of fused-ring (bicyclic) bond motifs is 1. The third-order valence-electron chi connectivity index (χ3n) is 4.69. The van der Waals surface area contributed by atoms with Crippen LogP contribution in [0.1, 0.15) is 24.8 Å². The summed E-state index contributed by atoms with van der Waals surface area (Å²) in [5, 5.41) is 3.54. The summed E-state index contributed by atoms with van der Waals surface area (Å²) in [6.07, 6.45) is 1.39. The van der Waals surface area contributed by atoms with Crippen LogP contribution in [0.2, 0.25) is 0 Å². The summed E-state index contributed by atoms with van der Waals surface area (Å²) in [5.74, 6) is 2.51.